The summed E-state index contributed by atoms with van der Waals surface area (Å²) in [6.45, 7) is 2.79. The molecular weight excluding hydrogens is 238 g/mol. The Morgan fingerprint density at radius 2 is 2.00 bits per heavy atom. The van der Waals surface area contributed by atoms with Crippen LogP contribution in [0, 0.1) is 5.92 Å². The van der Waals surface area contributed by atoms with Crippen LogP contribution < -0.4 is 0 Å². The summed E-state index contributed by atoms with van der Waals surface area (Å²) in [4.78, 5) is 2.77. The molecule has 14 heavy (non-hydrogen) atoms. The summed E-state index contributed by atoms with van der Waals surface area (Å²) < 4.78 is 0. The van der Waals surface area contributed by atoms with E-state index in [9.17, 15) is 0 Å². The lowest BCUT2D eigenvalue weighted by atomic mass is 9.85. The minimum absolute atomic E-state index is 0.924. The Labute approximate surface area is 96.4 Å². The van der Waals surface area contributed by atoms with E-state index in [0.717, 1.165) is 12.0 Å². The molecule has 1 saturated carbocycles. The van der Waals surface area contributed by atoms with Gasteiger partial charge in [-0.2, -0.15) is 0 Å². The minimum atomic E-state index is 0.924. The lowest BCUT2D eigenvalue weighted by Gasteiger charge is -2.33. The van der Waals surface area contributed by atoms with Gasteiger partial charge in [0.2, 0.25) is 0 Å². The van der Waals surface area contributed by atoms with Gasteiger partial charge < -0.3 is 4.90 Å². The molecule has 0 N–H and O–H groups in total. The molecule has 1 atom stereocenters. The van der Waals surface area contributed by atoms with Crippen LogP contribution in [0.1, 0.15) is 44.9 Å². The van der Waals surface area contributed by atoms with Crippen molar-refractivity contribution in [3.05, 3.63) is 0 Å². The van der Waals surface area contributed by atoms with Crippen molar-refractivity contribution in [1.29, 1.82) is 0 Å². The van der Waals surface area contributed by atoms with Crippen LogP contribution >= 0.6 is 15.9 Å². The lowest BCUT2D eigenvalue weighted by molar-refractivity contribution is 0.161. The standard InChI is InChI=1S/C12H22BrN/c13-8-2-6-12-7-3-9-14(12)10-11-4-1-5-11/h11-12H,1-10H2. The first-order valence-electron chi connectivity index (χ1n) is 6.20. The molecule has 82 valence electrons. The van der Waals surface area contributed by atoms with E-state index in [4.69, 9.17) is 0 Å². The molecule has 0 bridgehead atoms. The van der Waals surface area contributed by atoms with Crippen molar-refractivity contribution in [1.82, 2.24) is 4.90 Å². The van der Waals surface area contributed by atoms with E-state index in [-0.39, 0.29) is 0 Å². The lowest BCUT2D eigenvalue weighted by Crippen LogP contribution is -2.36. The van der Waals surface area contributed by atoms with Crippen LogP contribution in [0.25, 0.3) is 0 Å². The smallest absolute Gasteiger partial charge is 0.00961 e. The fourth-order valence-electron chi connectivity index (χ4n) is 2.78. The third-order valence-corrected chi connectivity index (χ3v) is 4.45. The zero-order valence-electron chi connectivity index (χ0n) is 9.05. The first-order valence-corrected chi connectivity index (χ1v) is 7.32. The fraction of sp³-hybridized carbons (Fsp3) is 1.00. The van der Waals surface area contributed by atoms with Gasteiger partial charge in [-0.05, 0) is 51.0 Å². The number of alkyl halides is 1. The van der Waals surface area contributed by atoms with E-state index in [1.54, 1.807) is 0 Å². The molecule has 2 rings (SSSR count). The van der Waals surface area contributed by atoms with Crippen molar-refractivity contribution in [2.75, 3.05) is 18.4 Å². The number of rotatable bonds is 5. The van der Waals surface area contributed by atoms with Crippen molar-refractivity contribution in [2.45, 2.75) is 51.0 Å². The Kier molecular flexibility index (Phi) is 4.30. The second-order valence-corrected chi connectivity index (χ2v) is 5.71. The van der Waals surface area contributed by atoms with E-state index < -0.39 is 0 Å². The van der Waals surface area contributed by atoms with Gasteiger partial charge in [-0.1, -0.05) is 22.4 Å². The molecule has 0 spiro atoms. The number of halogens is 1. The van der Waals surface area contributed by atoms with E-state index in [1.807, 2.05) is 0 Å². The summed E-state index contributed by atoms with van der Waals surface area (Å²) in [5.74, 6) is 1.06. The van der Waals surface area contributed by atoms with Crippen LogP contribution in [0.5, 0.6) is 0 Å². The molecule has 2 fully saturated rings. The molecule has 1 unspecified atom stereocenters. The van der Waals surface area contributed by atoms with Gasteiger partial charge in [0.15, 0.2) is 0 Å². The summed E-state index contributed by atoms with van der Waals surface area (Å²) in [5, 5.41) is 1.18. The van der Waals surface area contributed by atoms with Gasteiger partial charge in [-0.15, -0.1) is 0 Å². The van der Waals surface area contributed by atoms with E-state index in [1.165, 1.54) is 63.4 Å². The molecule has 2 heteroatoms. The maximum absolute atomic E-state index is 3.53. The van der Waals surface area contributed by atoms with Gasteiger partial charge in [0, 0.05) is 17.9 Å². The fourth-order valence-corrected chi connectivity index (χ4v) is 3.11. The van der Waals surface area contributed by atoms with E-state index in [0.29, 0.717) is 0 Å². The molecule has 0 aromatic rings. The molecule has 1 saturated heterocycles. The van der Waals surface area contributed by atoms with Crippen LogP contribution in [-0.2, 0) is 0 Å². The van der Waals surface area contributed by atoms with Crippen molar-refractivity contribution < 1.29 is 0 Å². The van der Waals surface area contributed by atoms with Gasteiger partial charge in [-0.3, -0.25) is 0 Å². The Bertz CT molecular complexity index is 168. The number of nitrogens with zero attached hydrogens (tertiary/aromatic N) is 1. The Morgan fingerprint density at radius 1 is 1.14 bits per heavy atom. The average molecular weight is 260 g/mol. The van der Waals surface area contributed by atoms with E-state index in [2.05, 4.69) is 20.8 Å². The zero-order valence-corrected chi connectivity index (χ0v) is 10.6. The van der Waals surface area contributed by atoms with Crippen LogP contribution in [0.15, 0.2) is 0 Å². The first kappa shape index (κ1) is 10.9. The van der Waals surface area contributed by atoms with Gasteiger partial charge in [0.05, 0.1) is 0 Å². The van der Waals surface area contributed by atoms with Crippen LogP contribution in [-0.4, -0.2) is 29.4 Å². The topological polar surface area (TPSA) is 3.24 Å². The summed E-state index contributed by atoms with van der Waals surface area (Å²) in [7, 11) is 0. The summed E-state index contributed by atoms with van der Waals surface area (Å²) in [6, 6.07) is 0.924. The SMILES string of the molecule is BrCCCC1CCCN1CC1CCC1. The molecular formula is C12H22BrN. The third-order valence-electron chi connectivity index (χ3n) is 3.89. The molecule has 0 amide bonds. The van der Waals surface area contributed by atoms with Crippen molar-refractivity contribution in [2.24, 2.45) is 5.92 Å². The maximum Gasteiger partial charge on any atom is 0.00961 e. The second kappa shape index (κ2) is 5.50. The second-order valence-electron chi connectivity index (χ2n) is 4.92. The molecule has 1 aliphatic heterocycles. The number of hydrogen-bond acceptors (Lipinski definition) is 1. The summed E-state index contributed by atoms with van der Waals surface area (Å²) in [6.07, 6.45) is 10.2. The highest BCUT2D eigenvalue weighted by Crippen LogP contribution is 2.30. The molecule has 0 aromatic heterocycles. The highest BCUT2D eigenvalue weighted by atomic mass is 79.9. The van der Waals surface area contributed by atoms with Crippen LogP contribution in [0.4, 0.5) is 0 Å². The quantitative estimate of drug-likeness (QED) is 0.684. The van der Waals surface area contributed by atoms with Crippen molar-refractivity contribution in [3.63, 3.8) is 0 Å². The zero-order chi connectivity index (χ0) is 9.80. The molecule has 1 heterocycles. The minimum Gasteiger partial charge on any atom is -0.300 e. The molecule has 0 aromatic carbocycles. The van der Waals surface area contributed by atoms with Gasteiger partial charge >= 0.3 is 0 Å². The Morgan fingerprint density at radius 3 is 2.64 bits per heavy atom. The largest absolute Gasteiger partial charge is 0.300 e. The van der Waals surface area contributed by atoms with Crippen LogP contribution in [0.2, 0.25) is 0 Å². The van der Waals surface area contributed by atoms with Crippen LogP contribution in [0.3, 0.4) is 0 Å². The summed E-state index contributed by atoms with van der Waals surface area (Å²) in [5.41, 5.74) is 0. The molecule has 0 radical (unpaired) electrons. The predicted molar refractivity (Wildman–Crippen MR) is 65.0 cm³/mol. The highest BCUT2D eigenvalue weighted by Gasteiger charge is 2.28. The average Bonchev–Trinajstić information content (AvgIpc) is 2.55. The maximum atomic E-state index is 3.53. The normalized spacial score (nSPS) is 29.4. The Balaban J connectivity index is 1.71. The van der Waals surface area contributed by atoms with E-state index >= 15 is 0 Å². The third kappa shape index (κ3) is 2.73. The van der Waals surface area contributed by atoms with Gasteiger partial charge in [0.1, 0.15) is 0 Å². The summed E-state index contributed by atoms with van der Waals surface area (Å²) >= 11 is 3.53. The molecule has 1 aliphatic carbocycles. The predicted octanol–water partition coefficient (Wildman–Crippen LogP) is 3.43. The monoisotopic (exact) mass is 259 g/mol. The van der Waals surface area contributed by atoms with Gasteiger partial charge in [-0.25, -0.2) is 0 Å². The first-order chi connectivity index (χ1) is 6.90. The van der Waals surface area contributed by atoms with Crippen molar-refractivity contribution in [3.8, 4) is 0 Å². The molecule has 1 nitrogen and oxygen atoms in total. The highest BCUT2D eigenvalue weighted by molar-refractivity contribution is 9.09. The number of likely N-dealkylation sites (tertiary alicyclic amines) is 1. The Hall–Kier alpha value is 0.440. The van der Waals surface area contributed by atoms with Crippen molar-refractivity contribution >= 4 is 15.9 Å². The number of hydrogen-bond donors (Lipinski definition) is 0. The molecule has 2 aliphatic rings. The van der Waals surface area contributed by atoms with Gasteiger partial charge in [0.25, 0.3) is 0 Å².